The van der Waals surface area contributed by atoms with E-state index >= 15 is 0 Å². The van der Waals surface area contributed by atoms with Gasteiger partial charge in [0.1, 0.15) is 5.82 Å². The average Bonchev–Trinajstić information content (AvgIpc) is 3.50. The van der Waals surface area contributed by atoms with Gasteiger partial charge in [-0.1, -0.05) is 168 Å². The fourth-order valence-corrected chi connectivity index (χ4v) is 7.59. The molecule has 0 radical (unpaired) electrons. The summed E-state index contributed by atoms with van der Waals surface area (Å²) in [5.74, 6) is 0.840. The fourth-order valence-electron chi connectivity index (χ4n) is 7.59. The first-order valence-corrected chi connectivity index (χ1v) is 17.9. The molecule has 0 aliphatic heterocycles. The van der Waals surface area contributed by atoms with Crippen LogP contribution >= 0.6 is 0 Å². The van der Waals surface area contributed by atoms with Gasteiger partial charge in [-0.2, -0.15) is 0 Å². The van der Waals surface area contributed by atoms with Crippen molar-refractivity contribution >= 4 is 21.8 Å². The second-order valence-electron chi connectivity index (χ2n) is 15.2. The van der Waals surface area contributed by atoms with E-state index in [2.05, 4.69) is 185 Å². The molecule has 8 rings (SSSR count). The predicted octanol–water partition coefficient (Wildman–Crippen LogP) is 12.4. The molecule has 3 heteroatoms. The third kappa shape index (κ3) is 6.04. The number of benzene rings is 6. The number of para-hydroxylation sites is 2. The van der Waals surface area contributed by atoms with E-state index in [4.69, 9.17) is 9.97 Å². The predicted molar refractivity (Wildman–Crippen MR) is 215 cm³/mol. The standard InChI is InChI=1S/C48H43N3/c1-47(2,3)39-27-15-12-24-36(39)37-25-13-16-28-42(37)51-43-29-17-14-26-38(43)45-35(23-18-30-44(45)51)32-48(4,5)46-49-40(33-19-8-6-9-20-33)31-41(50-46)34-21-10-7-11-22-34/h6-31H,32H2,1-5H3. The van der Waals surface area contributed by atoms with Gasteiger partial charge in [0.05, 0.1) is 28.1 Å². The summed E-state index contributed by atoms with van der Waals surface area (Å²) in [5, 5.41) is 2.53. The fraction of sp³-hybridized carbons (Fsp3) is 0.167. The van der Waals surface area contributed by atoms with Gasteiger partial charge < -0.3 is 4.57 Å². The van der Waals surface area contributed by atoms with Crippen LogP contribution in [0.1, 0.15) is 51.6 Å². The lowest BCUT2D eigenvalue weighted by molar-refractivity contribution is 0.489. The summed E-state index contributed by atoms with van der Waals surface area (Å²) < 4.78 is 2.47. The summed E-state index contributed by atoms with van der Waals surface area (Å²) in [6.07, 6.45) is 0.777. The minimum absolute atomic E-state index is 0.00351. The maximum absolute atomic E-state index is 5.25. The van der Waals surface area contributed by atoms with Gasteiger partial charge in [0.25, 0.3) is 0 Å². The van der Waals surface area contributed by atoms with Crippen molar-refractivity contribution in [1.82, 2.24) is 14.5 Å². The number of aromatic nitrogens is 3. The number of nitrogens with zero attached hydrogens (tertiary/aromatic N) is 3. The first-order chi connectivity index (χ1) is 24.7. The van der Waals surface area contributed by atoms with E-state index < -0.39 is 0 Å². The summed E-state index contributed by atoms with van der Waals surface area (Å²) in [6.45, 7) is 11.5. The molecule has 0 saturated carbocycles. The topological polar surface area (TPSA) is 30.7 Å². The lowest BCUT2D eigenvalue weighted by Gasteiger charge is -2.25. The van der Waals surface area contributed by atoms with Gasteiger partial charge in [0.15, 0.2) is 0 Å². The van der Waals surface area contributed by atoms with Gasteiger partial charge >= 0.3 is 0 Å². The maximum Gasteiger partial charge on any atom is 0.135 e. The lowest BCUT2D eigenvalue weighted by atomic mass is 9.81. The van der Waals surface area contributed by atoms with Crippen LogP contribution in [0.2, 0.25) is 0 Å². The van der Waals surface area contributed by atoms with Gasteiger partial charge in [-0.05, 0) is 52.8 Å². The van der Waals surface area contributed by atoms with E-state index in [1.807, 2.05) is 12.1 Å². The molecule has 0 aliphatic carbocycles. The van der Waals surface area contributed by atoms with Crippen molar-refractivity contribution in [3.8, 4) is 39.3 Å². The zero-order valence-electron chi connectivity index (χ0n) is 30.1. The number of hydrogen-bond donors (Lipinski definition) is 0. The van der Waals surface area contributed by atoms with Crippen LogP contribution in [-0.2, 0) is 17.3 Å². The number of hydrogen-bond acceptors (Lipinski definition) is 2. The largest absolute Gasteiger partial charge is 0.309 e. The van der Waals surface area contributed by atoms with Crippen molar-refractivity contribution in [1.29, 1.82) is 0 Å². The first-order valence-electron chi connectivity index (χ1n) is 17.9. The monoisotopic (exact) mass is 661 g/mol. The molecule has 0 bridgehead atoms. The summed E-state index contributed by atoms with van der Waals surface area (Å²) in [6, 6.07) is 56.4. The molecule has 2 aromatic heterocycles. The van der Waals surface area contributed by atoms with Gasteiger partial charge in [-0.25, -0.2) is 9.97 Å². The maximum atomic E-state index is 5.25. The van der Waals surface area contributed by atoms with Crippen molar-refractivity contribution in [2.24, 2.45) is 0 Å². The Bertz CT molecular complexity index is 2440. The summed E-state index contributed by atoms with van der Waals surface area (Å²) in [5.41, 5.74) is 12.4. The quantitative estimate of drug-likeness (QED) is 0.170. The van der Waals surface area contributed by atoms with Crippen LogP contribution in [0.25, 0.3) is 61.1 Å². The van der Waals surface area contributed by atoms with Crippen molar-refractivity contribution in [2.45, 2.75) is 51.9 Å². The van der Waals surface area contributed by atoms with E-state index in [1.165, 1.54) is 49.7 Å². The molecule has 8 aromatic rings. The molecule has 2 heterocycles. The van der Waals surface area contributed by atoms with Gasteiger partial charge in [-0.3, -0.25) is 0 Å². The zero-order chi connectivity index (χ0) is 35.2. The molecule has 0 amide bonds. The Labute approximate surface area is 301 Å². The smallest absolute Gasteiger partial charge is 0.135 e. The minimum Gasteiger partial charge on any atom is -0.309 e. The lowest BCUT2D eigenvalue weighted by Crippen LogP contribution is -2.24. The Morgan fingerprint density at radius 2 is 1.06 bits per heavy atom. The molecule has 6 aromatic carbocycles. The summed E-state index contributed by atoms with van der Waals surface area (Å²) in [4.78, 5) is 10.5. The highest BCUT2D eigenvalue weighted by atomic mass is 15.0. The molecule has 0 atom stereocenters. The van der Waals surface area contributed by atoms with Crippen LogP contribution in [0, 0.1) is 0 Å². The van der Waals surface area contributed by atoms with Crippen LogP contribution in [0.4, 0.5) is 0 Å². The van der Waals surface area contributed by atoms with E-state index in [0.717, 1.165) is 34.8 Å². The highest BCUT2D eigenvalue weighted by Crippen LogP contribution is 2.41. The summed E-state index contributed by atoms with van der Waals surface area (Å²) >= 11 is 0. The van der Waals surface area contributed by atoms with Crippen molar-refractivity contribution in [3.63, 3.8) is 0 Å². The molecule has 0 unspecified atom stereocenters. The van der Waals surface area contributed by atoms with Crippen molar-refractivity contribution < 1.29 is 0 Å². The molecule has 0 spiro atoms. The normalized spacial score (nSPS) is 12.1. The molecule has 0 N–H and O–H groups in total. The van der Waals surface area contributed by atoms with Gasteiger partial charge in [0, 0.05) is 32.9 Å². The number of rotatable bonds is 7. The molecule has 250 valence electrons. The van der Waals surface area contributed by atoms with E-state index in [-0.39, 0.29) is 10.8 Å². The first kappa shape index (κ1) is 32.4. The average molecular weight is 662 g/mol. The van der Waals surface area contributed by atoms with Gasteiger partial charge in [-0.15, -0.1) is 0 Å². The Kier molecular flexibility index (Phi) is 8.15. The van der Waals surface area contributed by atoms with Gasteiger partial charge in [0.2, 0.25) is 0 Å². The van der Waals surface area contributed by atoms with Crippen molar-refractivity contribution in [3.05, 3.63) is 175 Å². The minimum atomic E-state index is -0.366. The highest BCUT2D eigenvalue weighted by molar-refractivity contribution is 6.11. The Hall–Kier alpha value is -5.80. The Balaban J connectivity index is 1.30. The van der Waals surface area contributed by atoms with Crippen LogP contribution in [0.5, 0.6) is 0 Å². The van der Waals surface area contributed by atoms with E-state index in [9.17, 15) is 0 Å². The molecule has 3 nitrogen and oxygen atoms in total. The van der Waals surface area contributed by atoms with Crippen LogP contribution in [-0.4, -0.2) is 14.5 Å². The molecule has 0 aliphatic rings. The SMILES string of the molecule is CC(C)(C)c1ccccc1-c1ccccc1-n1c2ccccc2c2c(CC(C)(C)c3nc(-c4ccccc4)cc(-c4ccccc4)n3)cccc21. The number of fused-ring (bicyclic) bond motifs is 3. The molecular weight excluding hydrogens is 619 g/mol. The summed E-state index contributed by atoms with van der Waals surface area (Å²) in [7, 11) is 0. The Morgan fingerprint density at radius 1 is 0.510 bits per heavy atom. The van der Waals surface area contributed by atoms with E-state index in [1.54, 1.807) is 0 Å². The zero-order valence-corrected chi connectivity index (χ0v) is 30.1. The van der Waals surface area contributed by atoms with E-state index in [0.29, 0.717) is 0 Å². The third-order valence-electron chi connectivity index (χ3n) is 10.1. The Morgan fingerprint density at radius 3 is 1.73 bits per heavy atom. The van der Waals surface area contributed by atoms with Crippen LogP contribution < -0.4 is 0 Å². The second-order valence-corrected chi connectivity index (χ2v) is 15.2. The molecule has 0 fully saturated rings. The third-order valence-corrected chi connectivity index (χ3v) is 10.1. The van der Waals surface area contributed by atoms with Crippen LogP contribution in [0.3, 0.4) is 0 Å². The molecule has 0 saturated heterocycles. The van der Waals surface area contributed by atoms with Crippen LogP contribution in [0.15, 0.2) is 158 Å². The highest BCUT2D eigenvalue weighted by Gasteiger charge is 2.29. The molecule has 51 heavy (non-hydrogen) atoms. The second kappa shape index (κ2) is 12.8. The van der Waals surface area contributed by atoms with Crippen molar-refractivity contribution in [2.75, 3.05) is 0 Å². The molecular formula is C48H43N3.